The number of hydrogen-bond donors (Lipinski definition) is 0. The average Bonchev–Trinajstić information content (AvgIpc) is 2.64. The maximum Gasteiger partial charge on any atom is 0.323 e. The van der Waals surface area contributed by atoms with E-state index >= 15 is 0 Å². The maximum absolute atomic E-state index is 4.94. The van der Waals surface area contributed by atoms with E-state index < -0.39 is 0 Å². The van der Waals surface area contributed by atoms with Crippen molar-refractivity contribution in [1.82, 2.24) is 0 Å². The monoisotopic (exact) mass is 159 g/mol. The molecule has 2 heterocycles. The van der Waals surface area contributed by atoms with Crippen LogP contribution in [0, 0.1) is 0 Å². The molecule has 4 nitrogen and oxygen atoms in total. The highest BCUT2D eigenvalue weighted by Gasteiger charge is 1.98. The van der Waals surface area contributed by atoms with Crippen LogP contribution in [0.4, 0.5) is 0 Å². The van der Waals surface area contributed by atoms with Crippen molar-refractivity contribution in [2.24, 2.45) is 0 Å². The highest BCUT2D eigenvalue weighted by Crippen LogP contribution is 1.85. The predicted molar refractivity (Wildman–Crippen MR) is 39.3 cm³/mol. The third-order valence-electron chi connectivity index (χ3n) is 1.20. The lowest BCUT2D eigenvalue weighted by molar-refractivity contribution is -0.0334. The molecule has 0 unspecified atom stereocenters. The Kier molecular flexibility index (Phi) is 5.40. The summed E-state index contributed by atoms with van der Waals surface area (Å²) in [5, 5.41) is 0. The first kappa shape index (κ1) is 9.00. The summed E-state index contributed by atoms with van der Waals surface area (Å²) in [5.41, 5.74) is 0. The molecule has 11 heavy (non-hydrogen) atoms. The zero-order chi connectivity index (χ0) is 7.78. The molecule has 2 aliphatic rings. The van der Waals surface area contributed by atoms with Crippen molar-refractivity contribution in [3.05, 3.63) is 0 Å². The van der Waals surface area contributed by atoms with E-state index in [1.807, 2.05) is 0 Å². The Morgan fingerprint density at radius 1 is 0.818 bits per heavy atom. The first-order valence-electron chi connectivity index (χ1n) is 3.66. The lowest BCUT2D eigenvalue weighted by Crippen LogP contribution is -2.16. The molecule has 0 aromatic heterocycles. The zero-order valence-corrected chi connectivity index (χ0v) is 6.45. The zero-order valence-electron chi connectivity index (χ0n) is 6.45. The van der Waals surface area contributed by atoms with Crippen LogP contribution in [-0.4, -0.2) is 47.2 Å². The fourth-order valence-electron chi connectivity index (χ4n) is 0.680. The second kappa shape index (κ2) is 6.60. The van der Waals surface area contributed by atoms with Crippen LogP contribution in [0.1, 0.15) is 0 Å². The Labute approximate surface area is 67.0 Å². The maximum atomic E-state index is 4.94. The summed E-state index contributed by atoms with van der Waals surface area (Å²) in [6.07, 6.45) is 0. The third-order valence-corrected chi connectivity index (χ3v) is 1.20. The fraction of sp³-hybridized carbons (Fsp3) is 1.00. The minimum atomic E-state index is 0.444. The summed E-state index contributed by atoms with van der Waals surface area (Å²) < 4.78 is 19.2. The molecule has 0 bridgehead atoms. The minimum absolute atomic E-state index is 0.444. The average molecular weight is 159 g/mol. The molecule has 2 aliphatic heterocycles. The highest BCUT2D eigenvalue weighted by atomic mass is 16.7. The number of rotatable bonds is 0. The molecular weight excluding hydrogens is 147 g/mol. The van der Waals surface area contributed by atoms with Crippen LogP contribution in [0.3, 0.4) is 0 Å². The molecule has 0 amide bonds. The van der Waals surface area contributed by atoms with E-state index in [1.165, 1.54) is 0 Å². The summed E-state index contributed by atoms with van der Waals surface area (Å²) in [4.78, 5) is 0. The second-order valence-electron chi connectivity index (χ2n) is 2.05. The van der Waals surface area contributed by atoms with E-state index in [-0.39, 0.29) is 0 Å². The normalized spacial score (nSPS) is 23.3. The van der Waals surface area contributed by atoms with Crippen molar-refractivity contribution >= 4 is 7.48 Å². The van der Waals surface area contributed by atoms with Gasteiger partial charge in [-0.15, -0.1) is 0 Å². The fourth-order valence-corrected chi connectivity index (χ4v) is 0.680. The number of ether oxygens (including phenoxy) is 3. The van der Waals surface area contributed by atoms with Crippen LogP contribution in [-0.2, 0) is 18.9 Å². The van der Waals surface area contributed by atoms with Crippen LogP contribution in [0.2, 0.25) is 0 Å². The molecular formula is C6H12BO4. The van der Waals surface area contributed by atoms with Crippen molar-refractivity contribution < 1.29 is 18.9 Å². The van der Waals surface area contributed by atoms with Gasteiger partial charge in [-0.1, -0.05) is 0 Å². The smallest absolute Gasteiger partial charge is 0.323 e. The molecule has 0 spiro atoms. The SMILES string of the molecule is C1COCCO1.[B]1COCO1. The molecule has 63 valence electrons. The van der Waals surface area contributed by atoms with Crippen molar-refractivity contribution in [3.63, 3.8) is 0 Å². The minimum Gasteiger partial charge on any atom is -0.417 e. The molecule has 5 heteroatoms. The standard InChI is InChI=1S/C4H8O2.C2H4BO2/c1-2-6-4-3-5-1;1-3-5-2-4-1/h1-4H2;1-2H2. The van der Waals surface area contributed by atoms with Gasteiger partial charge in [0.15, 0.2) is 0 Å². The van der Waals surface area contributed by atoms with Crippen molar-refractivity contribution in [3.8, 4) is 0 Å². The van der Waals surface area contributed by atoms with Gasteiger partial charge in [-0.25, -0.2) is 0 Å². The Hall–Kier alpha value is -0.0951. The van der Waals surface area contributed by atoms with Gasteiger partial charge in [-0.05, 0) is 0 Å². The molecule has 0 saturated carbocycles. The van der Waals surface area contributed by atoms with E-state index in [4.69, 9.17) is 9.47 Å². The van der Waals surface area contributed by atoms with E-state index in [0.29, 0.717) is 13.3 Å². The Morgan fingerprint density at radius 2 is 1.45 bits per heavy atom. The predicted octanol–water partition coefficient (Wildman–Crippen LogP) is -0.399. The van der Waals surface area contributed by atoms with Gasteiger partial charge in [0.05, 0.1) is 32.9 Å². The van der Waals surface area contributed by atoms with Crippen LogP contribution in [0.25, 0.3) is 0 Å². The summed E-state index contributed by atoms with van der Waals surface area (Å²) in [5.74, 6) is 0. The van der Waals surface area contributed by atoms with E-state index in [9.17, 15) is 0 Å². The summed E-state index contributed by atoms with van der Waals surface area (Å²) in [6.45, 7) is 4.21. The Balaban J connectivity index is 0.000000112. The summed E-state index contributed by atoms with van der Waals surface area (Å²) >= 11 is 0. The van der Waals surface area contributed by atoms with Gasteiger partial charge in [0.25, 0.3) is 0 Å². The third kappa shape index (κ3) is 5.20. The summed E-state index contributed by atoms with van der Waals surface area (Å²) in [6, 6.07) is 0. The largest absolute Gasteiger partial charge is 0.417 e. The molecule has 0 aromatic carbocycles. The van der Waals surface area contributed by atoms with Crippen LogP contribution in [0.15, 0.2) is 0 Å². The molecule has 0 aromatic rings. The molecule has 2 saturated heterocycles. The second-order valence-corrected chi connectivity index (χ2v) is 2.05. The van der Waals surface area contributed by atoms with Crippen molar-refractivity contribution in [2.75, 3.05) is 39.7 Å². The van der Waals surface area contributed by atoms with E-state index in [2.05, 4.69) is 9.39 Å². The molecule has 0 atom stereocenters. The summed E-state index contributed by atoms with van der Waals surface area (Å²) in [7, 11) is 1.64. The first-order chi connectivity index (χ1) is 5.50. The lowest BCUT2D eigenvalue weighted by Gasteiger charge is -2.09. The van der Waals surface area contributed by atoms with E-state index in [0.717, 1.165) is 26.4 Å². The molecule has 0 N–H and O–H groups in total. The van der Waals surface area contributed by atoms with Crippen molar-refractivity contribution in [2.45, 2.75) is 0 Å². The van der Waals surface area contributed by atoms with Gasteiger partial charge in [0.2, 0.25) is 0 Å². The van der Waals surface area contributed by atoms with Gasteiger partial charge in [0.1, 0.15) is 6.79 Å². The topological polar surface area (TPSA) is 36.9 Å². The number of hydrogen-bond acceptors (Lipinski definition) is 4. The van der Waals surface area contributed by atoms with Gasteiger partial charge in [-0.2, -0.15) is 0 Å². The quantitative estimate of drug-likeness (QED) is 0.450. The molecule has 2 fully saturated rings. The first-order valence-corrected chi connectivity index (χ1v) is 3.66. The Morgan fingerprint density at radius 3 is 1.64 bits per heavy atom. The lowest BCUT2D eigenvalue weighted by atomic mass is 10.1. The molecule has 2 rings (SSSR count). The van der Waals surface area contributed by atoms with E-state index in [1.54, 1.807) is 7.48 Å². The van der Waals surface area contributed by atoms with Gasteiger partial charge in [-0.3, -0.25) is 0 Å². The van der Waals surface area contributed by atoms with Crippen molar-refractivity contribution in [1.29, 1.82) is 0 Å². The van der Waals surface area contributed by atoms with Gasteiger partial charge >= 0.3 is 7.48 Å². The van der Waals surface area contributed by atoms with Crippen LogP contribution >= 0.6 is 0 Å². The van der Waals surface area contributed by atoms with Gasteiger partial charge in [0, 0.05) is 0 Å². The Bertz CT molecular complexity index is 63.5. The van der Waals surface area contributed by atoms with Crippen LogP contribution in [0.5, 0.6) is 0 Å². The molecule has 1 radical (unpaired) electrons. The highest BCUT2D eigenvalue weighted by molar-refractivity contribution is 6.27. The van der Waals surface area contributed by atoms with Gasteiger partial charge < -0.3 is 18.9 Å². The van der Waals surface area contributed by atoms with Crippen LogP contribution < -0.4 is 0 Å². The molecule has 0 aliphatic carbocycles.